The predicted octanol–water partition coefficient (Wildman–Crippen LogP) is 2.26. The van der Waals surface area contributed by atoms with Crippen LogP contribution in [-0.4, -0.2) is 44.0 Å². The molecule has 1 rings (SSSR count). The molecular formula is C12H25NO2. The number of nitrogens with zero attached hydrogens (tertiary/aromatic N) is 1. The lowest BCUT2D eigenvalue weighted by Crippen LogP contribution is -2.45. The summed E-state index contributed by atoms with van der Waals surface area (Å²) in [6.45, 7) is 9.00. The third kappa shape index (κ3) is 4.96. The molecule has 1 atom stereocenters. The van der Waals surface area contributed by atoms with E-state index >= 15 is 0 Å². The zero-order valence-electron chi connectivity index (χ0n) is 10.2. The lowest BCUT2D eigenvalue weighted by molar-refractivity contribution is -0.154. The smallest absolute Gasteiger partial charge is 0.134 e. The van der Waals surface area contributed by atoms with Crippen molar-refractivity contribution in [1.29, 1.82) is 0 Å². The molecule has 0 radical (unpaired) electrons. The predicted molar refractivity (Wildman–Crippen MR) is 61.9 cm³/mol. The molecule has 0 spiro atoms. The van der Waals surface area contributed by atoms with Crippen LogP contribution in [0.25, 0.3) is 0 Å². The van der Waals surface area contributed by atoms with Crippen molar-refractivity contribution in [1.82, 2.24) is 4.90 Å². The van der Waals surface area contributed by atoms with Gasteiger partial charge >= 0.3 is 0 Å². The first kappa shape index (κ1) is 12.9. The molecule has 1 aliphatic rings. The fourth-order valence-corrected chi connectivity index (χ4v) is 1.81. The first-order chi connectivity index (χ1) is 7.38. The second-order valence-corrected chi connectivity index (χ2v) is 4.14. The Morgan fingerprint density at radius 3 is 2.20 bits per heavy atom. The molecule has 0 aromatic rings. The molecular weight excluding hydrogens is 190 g/mol. The van der Waals surface area contributed by atoms with Gasteiger partial charge in [-0.25, -0.2) is 0 Å². The van der Waals surface area contributed by atoms with E-state index in [1.807, 2.05) is 0 Å². The van der Waals surface area contributed by atoms with Crippen LogP contribution in [0.1, 0.15) is 39.5 Å². The van der Waals surface area contributed by atoms with E-state index in [9.17, 15) is 0 Å². The topological polar surface area (TPSA) is 21.7 Å². The third-order valence-corrected chi connectivity index (χ3v) is 2.80. The number of hydrogen-bond acceptors (Lipinski definition) is 3. The van der Waals surface area contributed by atoms with Crippen LogP contribution in [0.4, 0.5) is 0 Å². The number of hydrogen-bond donors (Lipinski definition) is 0. The van der Waals surface area contributed by atoms with Crippen LogP contribution in [0, 0.1) is 0 Å². The zero-order valence-corrected chi connectivity index (χ0v) is 10.2. The van der Waals surface area contributed by atoms with Crippen molar-refractivity contribution in [2.75, 3.05) is 32.9 Å². The van der Waals surface area contributed by atoms with Crippen LogP contribution in [0.5, 0.6) is 0 Å². The minimum Gasteiger partial charge on any atom is -0.375 e. The van der Waals surface area contributed by atoms with Gasteiger partial charge in [-0.1, -0.05) is 26.7 Å². The van der Waals surface area contributed by atoms with E-state index in [0.717, 1.165) is 32.9 Å². The second kappa shape index (κ2) is 8.08. The average Bonchev–Trinajstić information content (AvgIpc) is 2.30. The Morgan fingerprint density at radius 1 is 1.07 bits per heavy atom. The van der Waals surface area contributed by atoms with Gasteiger partial charge in [0, 0.05) is 13.1 Å². The summed E-state index contributed by atoms with van der Waals surface area (Å²) in [5.74, 6) is 0. The Morgan fingerprint density at radius 2 is 1.73 bits per heavy atom. The molecule has 0 aromatic heterocycles. The van der Waals surface area contributed by atoms with Gasteiger partial charge in [-0.2, -0.15) is 0 Å². The first-order valence-corrected chi connectivity index (χ1v) is 6.31. The highest BCUT2D eigenvalue weighted by molar-refractivity contribution is 4.65. The van der Waals surface area contributed by atoms with Crippen molar-refractivity contribution >= 4 is 0 Å². The van der Waals surface area contributed by atoms with Gasteiger partial charge in [0.2, 0.25) is 0 Å². The average molecular weight is 215 g/mol. The van der Waals surface area contributed by atoms with Gasteiger partial charge in [-0.15, -0.1) is 0 Å². The van der Waals surface area contributed by atoms with Crippen LogP contribution in [0.3, 0.4) is 0 Å². The van der Waals surface area contributed by atoms with Crippen molar-refractivity contribution in [3.63, 3.8) is 0 Å². The molecule has 1 fully saturated rings. The lowest BCUT2D eigenvalue weighted by atomic mass is 10.2. The SMILES string of the molecule is CCCCN(CCCC)C1COCCO1. The summed E-state index contributed by atoms with van der Waals surface area (Å²) in [5, 5.41) is 0. The molecule has 0 aliphatic carbocycles. The van der Waals surface area contributed by atoms with Gasteiger partial charge in [0.1, 0.15) is 6.23 Å². The van der Waals surface area contributed by atoms with E-state index in [-0.39, 0.29) is 6.23 Å². The largest absolute Gasteiger partial charge is 0.375 e. The van der Waals surface area contributed by atoms with Crippen LogP contribution < -0.4 is 0 Å². The molecule has 15 heavy (non-hydrogen) atoms. The van der Waals surface area contributed by atoms with Gasteiger partial charge in [-0.05, 0) is 12.8 Å². The van der Waals surface area contributed by atoms with Crippen molar-refractivity contribution in [2.45, 2.75) is 45.8 Å². The summed E-state index contributed by atoms with van der Waals surface area (Å²) in [4.78, 5) is 2.44. The maximum Gasteiger partial charge on any atom is 0.134 e. The van der Waals surface area contributed by atoms with Crippen LogP contribution in [-0.2, 0) is 9.47 Å². The summed E-state index contributed by atoms with van der Waals surface area (Å²) in [7, 11) is 0. The van der Waals surface area contributed by atoms with Crippen molar-refractivity contribution in [3.8, 4) is 0 Å². The van der Waals surface area contributed by atoms with Crippen molar-refractivity contribution in [2.24, 2.45) is 0 Å². The minimum absolute atomic E-state index is 0.205. The molecule has 0 amide bonds. The highest BCUT2D eigenvalue weighted by atomic mass is 16.6. The monoisotopic (exact) mass is 215 g/mol. The molecule has 1 heterocycles. The summed E-state index contributed by atoms with van der Waals surface area (Å²) < 4.78 is 11.2. The van der Waals surface area contributed by atoms with Gasteiger partial charge in [0.15, 0.2) is 0 Å². The zero-order chi connectivity index (χ0) is 10.9. The Bertz CT molecular complexity index is 139. The van der Waals surface area contributed by atoms with Crippen molar-refractivity contribution in [3.05, 3.63) is 0 Å². The minimum atomic E-state index is 0.205. The van der Waals surface area contributed by atoms with Gasteiger partial charge in [0.05, 0.1) is 19.8 Å². The molecule has 3 nitrogen and oxygen atoms in total. The van der Waals surface area contributed by atoms with Crippen LogP contribution in [0.2, 0.25) is 0 Å². The highest BCUT2D eigenvalue weighted by Gasteiger charge is 2.21. The molecule has 0 bridgehead atoms. The summed E-state index contributed by atoms with van der Waals surface area (Å²) in [5.41, 5.74) is 0. The Labute approximate surface area is 93.7 Å². The van der Waals surface area contributed by atoms with E-state index in [4.69, 9.17) is 9.47 Å². The number of rotatable bonds is 7. The number of ether oxygens (including phenoxy) is 2. The number of unbranched alkanes of at least 4 members (excludes halogenated alkanes) is 2. The van der Waals surface area contributed by atoms with E-state index in [1.54, 1.807) is 0 Å². The van der Waals surface area contributed by atoms with E-state index in [0.29, 0.717) is 0 Å². The van der Waals surface area contributed by atoms with Gasteiger partial charge in [-0.3, -0.25) is 4.90 Å². The molecule has 3 heteroatoms. The fourth-order valence-electron chi connectivity index (χ4n) is 1.81. The maximum atomic E-state index is 5.74. The maximum absolute atomic E-state index is 5.74. The van der Waals surface area contributed by atoms with Gasteiger partial charge in [0.25, 0.3) is 0 Å². The van der Waals surface area contributed by atoms with E-state index in [2.05, 4.69) is 18.7 Å². The Balaban J connectivity index is 2.30. The van der Waals surface area contributed by atoms with Crippen LogP contribution >= 0.6 is 0 Å². The Kier molecular flexibility index (Phi) is 6.98. The molecule has 0 aromatic carbocycles. The van der Waals surface area contributed by atoms with E-state index < -0.39 is 0 Å². The quantitative estimate of drug-likeness (QED) is 0.650. The van der Waals surface area contributed by atoms with Crippen molar-refractivity contribution < 1.29 is 9.47 Å². The lowest BCUT2D eigenvalue weighted by Gasteiger charge is -2.34. The summed E-state index contributed by atoms with van der Waals surface area (Å²) in [6, 6.07) is 0. The summed E-state index contributed by atoms with van der Waals surface area (Å²) >= 11 is 0. The molecule has 1 aliphatic heterocycles. The van der Waals surface area contributed by atoms with Gasteiger partial charge < -0.3 is 9.47 Å². The molecule has 1 unspecified atom stereocenters. The third-order valence-electron chi connectivity index (χ3n) is 2.80. The molecule has 0 N–H and O–H groups in total. The molecule has 0 saturated carbocycles. The standard InChI is InChI=1S/C12H25NO2/c1-3-5-7-13(8-6-4-2)12-11-14-9-10-15-12/h12H,3-11H2,1-2H3. The molecule has 1 saturated heterocycles. The van der Waals surface area contributed by atoms with E-state index in [1.165, 1.54) is 25.7 Å². The second-order valence-electron chi connectivity index (χ2n) is 4.14. The highest BCUT2D eigenvalue weighted by Crippen LogP contribution is 2.10. The normalized spacial score (nSPS) is 22.2. The van der Waals surface area contributed by atoms with Crippen LogP contribution in [0.15, 0.2) is 0 Å². The Hall–Kier alpha value is -0.120. The first-order valence-electron chi connectivity index (χ1n) is 6.31. The molecule has 90 valence electrons. The summed E-state index contributed by atoms with van der Waals surface area (Å²) in [6.07, 6.45) is 5.20. The fraction of sp³-hybridized carbons (Fsp3) is 1.00.